The molecule has 0 aliphatic carbocycles. The highest BCUT2D eigenvalue weighted by molar-refractivity contribution is 9.13. The van der Waals surface area contributed by atoms with Gasteiger partial charge < -0.3 is 9.52 Å². The lowest BCUT2D eigenvalue weighted by atomic mass is 10.0. The molecule has 0 spiro atoms. The molecular weight excluding hydrogens is 395 g/mol. The minimum Gasteiger partial charge on any atom is -0.450 e. The van der Waals surface area contributed by atoms with Gasteiger partial charge in [-0.05, 0) is 44.0 Å². The minimum atomic E-state index is -4.57. The summed E-state index contributed by atoms with van der Waals surface area (Å²) in [6.45, 7) is 0. The van der Waals surface area contributed by atoms with E-state index in [-0.39, 0.29) is 11.3 Å². The summed E-state index contributed by atoms with van der Waals surface area (Å²) >= 11 is 6.18. The number of aromatic nitrogens is 1. The van der Waals surface area contributed by atoms with E-state index in [1.165, 1.54) is 6.07 Å². The molecule has 1 unspecified atom stereocenters. The minimum absolute atomic E-state index is 0.0164. The van der Waals surface area contributed by atoms with Gasteiger partial charge in [0.15, 0.2) is 4.67 Å². The summed E-state index contributed by atoms with van der Waals surface area (Å²) in [5.74, 6) is -0.0164. The van der Waals surface area contributed by atoms with Crippen molar-refractivity contribution in [1.29, 1.82) is 0 Å². The fourth-order valence-corrected chi connectivity index (χ4v) is 2.14. The third kappa shape index (κ3) is 3.01. The van der Waals surface area contributed by atoms with Crippen molar-refractivity contribution >= 4 is 31.9 Å². The highest BCUT2D eigenvalue weighted by Crippen LogP contribution is 2.38. The van der Waals surface area contributed by atoms with Gasteiger partial charge in [-0.2, -0.15) is 13.2 Å². The van der Waals surface area contributed by atoms with Crippen LogP contribution in [0.3, 0.4) is 0 Å². The van der Waals surface area contributed by atoms with Crippen LogP contribution in [0.1, 0.15) is 23.0 Å². The number of furan rings is 1. The molecule has 102 valence electrons. The summed E-state index contributed by atoms with van der Waals surface area (Å²) in [6, 6.07) is 2.20. The van der Waals surface area contributed by atoms with Crippen molar-refractivity contribution in [2.24, 2.45) is 0 Å². The van der Waals surface area contributed by atoms with Crippen LogP contribution >= 0.6 is 31.9 Å². The van der Waals surface area contributed by atoms with Crippen molar-refractivity contribution < 1.29 is 22.7 Å². The van der Waals surface area contributed by atoms with Crippen LogP contribution < -0.4 is 0 Å². The molecule has 0 saturated heterocycles. The maximum absolute atomic E-state index is 12.8. The molecule has 19 heavy (non-hydrogen) atoms. The molecule has 0 fully saturated rings. The second-order valence-corrected chi connectivity index (χ2v) is 5.21. The quantitative estimate of drug-likeness (QED) is 0.817. The zero-order valence-corrected chi connectivity index (χ0v) is 12.3. The van der Waals surface area contributed by atoms with Gasteiger partial charge in [0, 0.05) is 18.0 Å². The molecule has 0 saturated carbocycles. The van der Waals surface area contributed by atoms with Crippen LogP contribution in [0.4, 0.5) is 13.2 Å². The van der Waals surface area contributed by atoms with E-state index in [2.05, 4.69) is 36.8 Å². The number of halogens is 5. The first-order valence-corrected chi connectivity index (χ1v) is 6.53. The molecule has 2 aromatic heterocycles. The molecule has 3 nitrogen and oxygen atoms in total. The van der Waals surface area contributed by atoms with E-state index in [4.69, 9.17) is 4.42 Å². The van der Waals surface area contributed by atoms with Gasteiger partial charge in [-0.25, -0.2) is 0 Å². The first-order chi connectivity index (χ1) is 8.80. The largest absolute Gasteiger partial charge is 0.450 e. The van der Waals surface area contributed by atoms with Crippen molar-refractivity contribution in [3.63, 3.8) is 0 Å². The number of pyridine rings is 1. The molecule has 0 aliphatic heterocycles. The lowest BCUT2D eigenvalue weighted by molar-refractivity contribution is -0.139. The fourth-order valence-electron chi connectivity index (χ4n) is 1.53. The number of hydrogen-bond acceptors (Lipinski definition) is 3. The molecule has 0 bridgehead atoms. The molecule has 2 aromatic rings. The Balaban J connectivity index is 2.47. The number of hydrogen-bond donors (Lipinski definition) is 1. The van der Waals surface area contributed by atoms with Crippen LogP contribution in [-0.4, -0.2) is 10.1 Å². The van der Waals surface area contributed by atoms with Gasteiger partial charge in [-0.1, -0.05) is 0 Å². The smallest absolute Gasteiger partial charge is 0.416 e. The highest BCUT2D eigenvalue weighted by Gasteiger charge is 2.36. The zero-order valence-electron chi connectivity index (χ0n) is 9.08. The summed E-state index contributed by atoms with van der Waals surface area (Å²) in [5.41, 5.74) is -1.30. The molecule has 0 amide bonds. The van der Waals surface area contributed by atoms with Gasteiger partial charge in [0.25, 0.3) is 0 Å². The third-order valence-electron chi connectivity index (χ3n) is 2.39. The Kier molecular flexibility index (Phi) is 4.03. The molecule has 2 heterocycles. The molecule has 8 heteroatoms. The van der Waals surface area contributed by atoms with Gasteiger partial charge in [0.2, 0.25) is 0 Å². The summed E-state index contributed by atoms with van der Waals surface area (Å²) in [6.07, 6.45) is -4.13. The first-order valence-electron chi connectivity index (χ1n) is 4.94. The second-order valence-electron chi connectivity index (χ2n) is 3.63. The van der Waals surface area contributed by atoms with Gasteiger partial charge in [0.05, 0.1) is 10.0 Å². The normalized spacial score (nSPS) is 13.6. The number of rotatable bonds is 2. The van der Waals surface area contributed by atoms with Gasteiger partial charge in [-0.3, -0.25) is 4.98 Å². The van der Waals surface area contributed by atoms with E-state index in [9.17, 15) is 18.3 Å². The number of aliphatic hydroxyl groups is 1. The van der Waals surface area contributed by atoms with Crippen molar-refractivity contribution in [1.82, 2.24) is 4.98 Å². The Bertz CT molecular complexity index is 578. The first kappa shape index (κ1) is 14.5. The number of alkyl halides is 3. The van der Waals surface area contributed by atoms with Gasteiger partial charge >= 0.3 is 6.18 Å². The second kappa shape index (κ2) is 5.26. The third-order valence-corrected chi connectivity index (χ3v) is 4.10. The molecule has 0 aliphatic rings. The summed E-state index contributed by atoms with van der Waals surface area (Å²) in [7, 11) is 0. The van der Waals surface area contributed by atoms with Crippen LogP contribution in [0.15, 0.2) is 38.1 Å². The van der Waals surface area contributed by atoms with Crippen LogP contribution in [0.25, 0.3) is 0 Å². The van der Waals surface area contributed by atoms with Crippen molar-refractivity contribution in [3.05, 3.63) is 50.6 Å². The predicted octanol–water partition coefficient (Wildman–Crippen LogP) is 4.30. The Labute approximate surface area is 122 Å². The average molecular weight is 401 g/mol. The van der Waals surface area contributed by atoms with Gasteiger partial charge in [0.1, 0.15) is 11.9 Å². The molecule has 0 radical (unpaired) electrons. The monoisotopic (exact) mass is 399 g/mol. The van der Waals surface area contributed by atoms with E-state index < -0.39 is 17.8 Å². The molecule has 1 atom stereocenters. The molecular formula is C11H6Br2F3NO2. The van der Waals surface area contributed by atoms with Crippen molar-refractivity contribution in [3.8, 4) is 0 Å². The van der Waals surface area contributed by atoms with E-state index >= 15 is 0 Å². The Morgan fingerprint density at radius 2 is 2.00 bits per heavy atom. The summed E-state index contributed by atoms with van der Waals surface area (Å²) < 4.78 is 44.4. The van der Waals surface area contributed by atoms with Crippen LogP contribution in [0.2, 0.25) is 0 Å². The summed E-state index contributed by atoms with van der Waals surface area (Å²) in [4.78, 5) is 3.61. The molecule has 0 aromatic carbocycles. The standard InChI is InChI=1S/C11H6Br2F3NO2/c12-7-3-8(19-10(7)13)9(18)5-4-17-2-1-6(5)11(14,15)16/h1-4,9,18H. The Hall–Kier alpha value is -0.860. The topological polar surface area (TPSA) is 46.3 Å². The SMILES string of the molecule is OC(c1cc(Br)c(Br)o1)c1cnccc1C(F)(F)F. The van der Waals surface area contributed by atoms with Gasteiger partial charge in [-0.15, -0.1) is 0 Å². The van der Waals surface area contributed by atoms with Crippen LogP contribution in [-0.2, 0) is 6.18 Å². The van der Waals surface area contributed by atoms with E-state index in [1.54, 1.807) is 0 Å². The Morgan fingerprint density at radius 1 is 1.32 bits per heavy atom. The molecule has 1 N–H and O–H groups in total. The van der Waals surface area contributed by atoms with Crippen LogP contribution in [0, 0.1) is 0 Å². The maximum atomic E-state index is 12.8. The van der Waals surface area contributed by atoms with Crippen molar-refractivity contribution in [2.45, 2.75) is 12.3 Å². The number of aliphatic hydroxyl groups excluding tert-OH is 1. The van der Waals surface area contributed by atoms with Crippen LogP contribution in [0.5, 0.6) is 0 Å². The highest BCUT2D eigenvalue weighted by atomic mass is 79.9. The lowest BCUT2D eigenvalue weighted by Crippen LogP contribution is -2.12. The predicted molar refractivity (Wildman–Crippen MR) is 67.4 cm³/mol. The van der Waals surface area contributed by atoms with Crippen molar-refractivity contribution in [2.75, 3.05) is 0 Å². The maximum Gasteiger partial charge on any atom is 0.416 e. The van der Waals surface area contributed by atoms with E-state index in [0.717, 1.165) is 18.5 Å². The van der Waals surface area contributed by atoms with E-state index in [0.29, 0.717) is 9.14 Å². The molecule has 2 rings (SSSR count). The Morgan fingerprint density at radius 3 is 2.53 bits per heavy atom. The summed E-state index contributed by atoms with van der Waals surface area (Å²) in [5, 5.41) is 10.00. The zero-order chi connectivity index (χ0) is 14.2. The van der Waals surface area contributed by atoms with E-state index in [1.807, 2.05) is 0 Å². The lowest BCUT2D eigenvalue weighted by Gasteiger charge is -2.15. The number of nitrogens with zero attached hydrogens (tertiary/aromatic N) is 1. The fraction of sp³-hybridized carbons (Fsp3) is 0.182. The average Bonchev–Trinajstić information content (AvgIpc) is 2.68.